The molecule has 0 unspecified atom stereocenters. The van der Waals surface area contributed by atoms with Gasteiger partial charge in [-0.1, -0.05) is 48.9 Å². The Bertz CT molecular complexity index is 610. The summed E-state index contributed by atoms with van der Waals surface area (Å²) in [4.78, 5) is 14.4. The molecule has 1 fully saturated rings. The molecule has 2 amide bonds. The molecule has 5 nitrogen and oxygen atoms in total. The smallest absolute Gasteiger partial charge is 0.346 e. The summed E-state index contributed by atoms with van der Waals surface area (Å²) in [5, 5.41) is 13.9. The molecule has 1 aliphatic rings. The number of benzene rings is 1. The second-order valence-corrected chi connectivity index (χ2v) is 8.33. The van der Waals surface area contributed by atoms with Crippen LogP contribution < -0.4 is 5.32 Å². The highest BCUT2D eigenvalue weighted by atomic mass is 35.5. The van der Waals surface area contributed by atoms with E-state index in [1.54, 1.807) is 24.3 Å². The molecular formula is C16H22ClN3O2S2. The zero-order valence-corrected chi connectivity index (χ0v) is 16.3. The lowest BCUT2D eigenvalue weighted by Crippen LogP contribution is -2.54. The van der Waals surface area contributed by atoms with Gasteiger partial charge in [-0.15, -0.1) is 0 Å². The van der Waals surface area contributed by atoms with Crippen molar-refractivity contribution in [3.63, 3.8) is 0 Å². The van der Waals surface area contributed by atoms with Crippen molar-refractivity contribution < 1.29 is 10.0 Å². The number of carbonyl (C=O) groups excluding carboxylic acids is 1. The molecule has 0 saturated carbocycles. The number of hydrogen-bond donors (Lipinski definition) is 2. The summed E-state index contributed by atoms with van der Waals surface area (Å²) < 4.78 is 0.705. The van der Waals surface area contributed by atoms with Crippen molar-refractivity contribution in [3.8, 4) is 0 Å². The molecule has 0 aliphatic carbocycles. The fraction of sp³-hybridized carbons (Fsp3) is 0.500. The van der Waals surface area contributed by atoms with Crippen LogP contribution in [-0.2, 0) is 0 Å². The Morgan fingerprint density at radius 1 is 1.46 bits per heavy atom. The summed E-state index contributed by atoms with van der Waals surface area (Å²) >= 11 is 12.6. The SMILES string of the molecule is CCCCN1C(=S)S[C@H](N(O)C(=O)Nc2ccc(Cl)cc2)C1(C)C. The number of carbonyl (C=O) groups is 1. The summed E-state index contributed by atoms with van der Waals surface area (Å²) in [6.45, 7) is 6.91. The monoisotopic (exact) mass is 387 g/mol. The van der Waals surface area contributed by atoms with Crippen LogP contribution in [0.15, 0.2) is 24.3 Å². The van der Waals surface area contributed by atoms with Crippen molar-refractivity contribution in [2.75, 3.05) is 11.9 Å². The first-order valence-electron chi connectivity index (χ1n) is 7.80. The Hall–Kier alpha value is -1.02. The maximum atomic E-state index is 12.4. The number of thiocarbonyl (C=S) groups is 1. The summed E-state index contributed by atoms with van der Waals surface area (Å²) in [6, 6.07) is 6.12. The average molecular weight is 388 g/mol. The van der Waals surface area contributed by atoms with Crippen molar-refractivity contribution in [1.29, 1.82) is 0 Å². The van der Waals surface area contributed by atoms with Crippen LogP contribution in [-0.4, -0.2) is 43.0 Å². The number of halogens is 1. The van der Waals surface area contributed by atoms with Gasteiger partial charge in [-0.2, -0.15) is 5.06 Å². The van der Waals surface area contributed by atoms with Crippen LogP contribution in [0.3, 0.4) is 0 Å². The number of unbranched alkanes of at least 4 members (excludes halogenated alkanes) is 1. The third-order valence-electron chi connectivity index (χ3n) is 3.99. The third-order valence-corrected chi connectivity index (χ3v) is 6.18. The number of amides is 2. The number of urea groups is 1. The first-order valence-corrected chi connectivity index (χ1v) is 9.47. The van der Waals surface area contributed by atoms with E-state index in [1.165, 1.54) is 11.8 Å². The van der Waals surface area contributed by atoms with Crippen LogP contribution in [0.1, 0.15) is 33.6 Å². The fourth-order valence-corrected chi connectivity index (χ4v) is 4.52. The highest BCUT2D eigenvalue weighted by Gasteiger charge is 2.49. The summed E-state index contributed by atoms with van der Waals surface area (Å²) in [5.41, 5.74) is 0.109. The molecule has 2 N–H and O–H groups in total. The van der Waals surface area contributed by atoms with Gasteiger partial charge in [-0.3, -0.25) is 5.21 Å². The van der Waals surface area contributed by atoms with Crippen molar-refractivity contribution in [2.45, 2.75) is 44.5 Å². The summed E-state index contributed by atoms with van der Waals surface area (Å²) in [5.74, 6) is 0. The van der Waals surface area contributed by atoms with Gasteiger partial charge in [0.05, 0.1) is 5.54 Å². The summed E-state index contributed by atoms with van der Waals surface area (Å²) in [6.07, 6.45) is 2.07. The maximum absolute atomic E-state index is 12.4. The molecule has 0 spiro atoms. The minimum absolute atomic E-state index is 0.455. The molecule has 1 aromatic rings. The lowest BCUT2D eigenvalue weighted by Gasteiger charge is -2.38. The van der Waals surface area contributed by atoms with E-state index in [4.69, 9.17) is 23.8 Å². The average Bonchev–Trinajstić information content (AvgIpc) is 2.76. The predicted octanol–water partition coefficient (Wildman–Crippen LogP) is 4.80. The predicted molar refractivity (Wildman–Crippen MR) is 104 cm³/mol. The molecule has 1 heterocycles. The number of thioether (sulfide) groups is 1. The number of nitrogens with one attached hydrogen (secondary N) is 1. The molecule has 24 heavy (non-hydrogen) atoms. The van der Waals surface area contributed by atoms with Gasteiger partial charge in [0.25, 0.3) is 0 Å². The molecule has 0 radical (unpaired) electrons. The second-order valence-electron chi connectivity index (χ2n) is 6.18. The van der Waals surface area contributed by atoms with Gasteiger partial charge in [0.15, 0.2) is 0 Å². The molecule has 1 aromatic carbocycles. The van der Waals surface area contributed by atoms with Crippen LogP contribution in [0.25, 0.3) is 0 Å². The van der Waals surface area contributed by atoms with Crippen molar-refractivity contribution in [2.24, 2.45) is 0 Å². The number of hydrogen-bond acceptors (Lipinski definition) is 4. The first-order chi connectivity index (χ1) is 11.3. The Kier molecular flexibility index (Phi) is 6.36. The van der Waals surface area contributed by atoms with E-state index in [-0.39, 0.29) is 0 Å². The Morgan fingerprint density at radius 3 is 2.67 bits per heavy atom. The van der Waals surface area contributed by atoms with Gasteiger partial charge in [-0.05, 0) is 44.5 Å². The van der Waals surface area contributed by atoms with E-state index in [1.807, 2.05) is 13.8 Å². The van der Waals surface area contributed by atoms with Crippen molar-refractivity contribution >= 4 is 51.6 Å². The minimum atomic E-state index is -0.594. The quantitative estimate of drug-likeness (QED) is 0.431. The van der Waals surface area contributed by atoms with Crippen molar-refractivity contribution in [3.05, 3.63) is 29.3 Å². The van der Waals surface area contributed by atoms with Crippen molar-refractivity contribution in [1.82, 2.24) is 9.96 Å². The highest BCUT2D eigenvalue weighted by Crippen LogP contribution is 2.41. The molecule has 1 saturated heterocycles. The Labute approximate surface area is 157 Å². The fourth-order valence-electron chi connectivity index (χ4n) is 2.54. The number of nitrogens with zero attached hydrogens (tertiary/aromatic N) is 2. The molecule has 8 heteroatoms. The van der Waals surface area contributed by atoms with Crippen LogP contribution in [0.5, 0.6) is 0 Å². The van der Waals surface area contributed by atoms with Gasteiger partial charge < -0.3 is 10.2 Å². The lowest BCUT2D eigenvalue weighted by atomic mass is 10.0. The molecule has 0 aromatic heterocycles. The normalized spacial score (nSPS) is 19.5. The van der Waals surface area contributed by atoms with E-state index in [2.05, 4.69) is 17.1 Å². The second kappa shape index (κ2) is 7.91. The number of anilines is 1. The van der Waals surface area contributed by atoms with E-state index < -0.39 is 16.9 Å². The third kappa shape index (κ3) is 4.14. The first kappa shape index (κ1) is 19.3. The lowest BCUT2D eigenvalue weighted by molar-refractivity contribution is -0.0734. The van der Waals surface area contributed by atoms with Gasteiger partial charge >= 0.3 is 6.03 Å². The largest absolute Gasteiger partial charge is 0.349 e. The zero-order valence-electron chi connectivity index (χ0n) is 14.0. The van der Waals surface area contributed by atoms with Gasteiger partial charge in [-0.25, -0.2) is 4.79 Å². The van der Waals surface area contributed by atoms with Gasteiger partial charge in [0.2, 0.25) is 0 Å². The number of hydroxylamine groups is 2. The molecule has 1 atom stereocenters. The van der Waals surface area contributed by atoms with Crippen LogP contribution >= 0.6 is 35.6 Å². The van der Waals surface area contributed by atoms with E-state index in [0.29, 0.717) is 15.0 Å². The highest BCUT2D eigenvalue weighted by molar-refractivity contribution is 8.23. The van der Waals surface area contributed by atoms with E-state index in [9.17, 15) is 10.0 Å². The molecule has 2 rings (SSSR count). The van der Waals surface area contributed by atoms with Crippen LogP contribution in [0.2, 0.25) is 5.02 Å². The van der Waals surface area contributed by atoms with E-state index in [0.717, 1.165) is 24.4 Å². The molecular weight excluding hydrogens is 366 g/mol. The molecule has 132 valence electrons. The van der Waals surface area contributed by atoms with Gasteiger partial charge in [0.1, 0.15) is 9.69 Å². The standard InChI is InChI=1S/C16H22ClN3O2S2/c1-4-5-10-19-15(23)24-13(16(19,2)3)20(22)14(21)18-12-8-6-11(17)7-9-12/h6-9,13,22H,4-5,10H2,1-3H3,(H,18,21)/t13-/m0/s1. The van der Waals surface area contributed by atoms with Crippen LogP contribution in [0.4, 0.5) is 10.5 Å². The number of rotatable bonds is 5. The molecule has 1 aliphatic heterocycles. The molecule has 0 bridgehead atoms. The van der Waals surface area contributed by atoms with E-state index >= 15 is 0 Å². The minimum Gasteiger partial charge on any atom is -0.349 e. The zero-order chi connectivity index (χ0) is 17.9. The topological polar surface area (TPSA) is 55.8 Å². The maximum Gasteiger partial charge on any atom is 0.346 e. The Balaban J connectivity index is 2.07. The summed E-state index contributed by atoms with van der Waals surface area (Å²) in [7, 11) is 0. The van der Waals surface area contributed by atoms with Gasteiger partial charge in [0, 0.05) is 17.3 Å². The Morgan fingerprint density at radius 2 is 2.08 bits per heavy atom. The van der Waals surface area contributed by atoms with Crippen LogP contribution in [0, 0.1) is 0 Å².